The van der Waals surface area contributed by atoms with Gasteiger partial charge in [0.05, 0.1) is 13.2 Å². The van der Waals surface area contributed by atoms with Gasteiger partial charge in [0.25, 0.3) is 10.0 Å². The summed E-state index contributed by atoms with van der Waals surface area (Å²) in [7, 11) is -1.80. The highest BCUT2D eigenvalue weighted by Crippen LogP contribution is 2.48. The predicted molar refractivity (Wildman–Crippen MR) is 101 cm³/mol. The molecule has 0 radical (unpaired) electrons. The predicted octanol–water partition coefficient (Wildman–Crippen LogP) is 1.84. The molecule has 0 N–H and O–H groups in total. The van der Waals surface area contributed by atoms with Crippen LogP contribution in [0.3, 0.4) is 0 Å². The summed E-state index contributed by atoms with van der Waals surface area (Å²) in [5.41, 5.74) is 0.321. The fourth-order valence-corrected chi connectivity index (χ4v) is 7.05. The second-order valence-corrected chi connectivity index (χ2v) is 10.6. The van der Waals surface area contributed by atoms with Gasteiger partial charge < -0.3 is 4.74 Å². The monoisotopic (exact) mass is 446 g/mol. The first-order valence-corrected chi connectivity index (χ1v) is 11.6. The quantitative estimate of drug-likeness (QED) is 0.708. The molecule has 1 aliphatic carbocycles. The van der Waals surface area contributed by atoms with Gasteiger partial charge >= 0.3 is 0 Å². The third kappa shape index (κ3) is 3.48. The van der Waals surface area contributed by atoms with E-state index in [0.717, 1.165) is 39.1 Å². The number of sulfonamides is 1. The van der Waals surface area contributed by atoms with E-state index in [9.17, 15) is 8.42 Å². The largest absolute Gasteiger partial charge is 0.379 e. The van der Waals surface area contributed by atoms with Gasteiger partial charge in [0, 0.05) is 45.3 Å². The maximum absolute atomic E-state index is 13.0. The number of aryl methyl sites for hydroxylation is 1. The van der Waals surface area contributed by atoms with Crippen molar-refractivity contribution in [1.29, 1.82) is 0 Å². The van der Waals surface area contributed by atoms with E-state index in [2.05, 4.69) is 25.9 Å². The van der Waals surface area contributed by atoms with E-state index in [4.69, 9.17) is 4.74 Å². The van der Waals surface area contributed by atoms with Crippen LogP contribution in [0.25, 0.3) is 0 Å². The average Bonchev–Trinajstić information content (AvgIpc) is 3.20. The van der Waals surface area contributed by atoms with Gasteiger partial charge in [-0.1, -0.05) is 0 Å². The van der Waals surface area contributed by atoms with E-state index in [1.54, 1.807) is 17.4 Å². The lowest BCUT2D eigenvalue weighted by atomic mass is 9.77. The Balaban J connectivity index is 1.40. The Hall–Kier alpha value is -0.480. The molecule has 1 unspecified atom stereocenters. The first-order chi connectivity index (χ1) is 12.4. The van der Waals surface area contributed by atoms with Gasteiger partial charge in [-0.15, -0.1) is 0 Å². The number of halogens is 1. The molecule has 3 aliphatic rings. The molecule has 7 nitrogen and oxygen atoms in total. The van der Waals surface area contributed by atoms with Crippen LogP contribution in [-0.2, 0) is 21.8 Å². The molecule has 0 aromatic carbocycles. The normalized spacial score (nSPS) is 28.0. The Morgan fingerprint density at radius 1 is 1.19 bits per heavy atom. The Bertz CT molecular complexity index is 752. The molecule has 9 heteroatoms. The minimum atomic E-state index is -3.48. The molecule has 1 saturated carbocycles. The van der Waals surface area contributed by atoms with Crippen LogP contribution in [0.1, 0.15) is 32.1 Å². The first kappa shape index (κ1) is 18.9. The fourth-order valence-electron chi connectivity index (χ4n) is 4.88. The molecule has 2 saturated heterocycles. The first-order valence-electron chi connectivity index (χ1n) is 9.41. The summed E-state index contributed by atoms with van der Waals surface area (Å²) >= 11 is 3.26. The van der Waals surface area contributed by atoms with Crippen molar-refractivity contribution in [2.24, 2.45) is 12.5 Å². The molecule has 3 fully saturated rings. The molecule has 0 bridgehead atoms. The van der Waals surface area contributed by atoms with Crippen molar-refractivity contribution in [3.05, 3.63) is 10.7 Å². The van der Waals surface area contributed by atoms with Gasteiger partial charge in [0.1, 0.15) is 4.60 Å². The summed E-state index contributed by atoms with van der Waals surface area (Å²) in [6.45, 7) is 4.99. The van der Waals surface area contributed by atoms with Gasteiger partial charge in [-0.05, 0) is 53.4 Å². The number of hydrogen-bond acceptors (Lipinski definition) is 5. The number of rotatable bonds is 3. The van der Waals surface area contributed by atoms with Gasteiger partial charge in [-0.3, -0.25) is 9.58 Å². The van der Waals surface area contributed by atoms with Gasteiger partial charge in [-0.25, -0.2) is 8.42 Å². The molecule has 2 aliphatic heterocycles. The van der Waals surface area contributed by atoms with Crippen LogP contribution in [0.15, 0.2) is 15.7 Å². The van der Waals surface area contributed by atoms with Gasteiger partial charge in [-0.2, -0.15) is 9.40 Å². The second-order valence-electron chi connectivity index (χ2n) is 7.88. The molecule has 1 aromatic heterocycles. The molecule has 4 rings (SSSR count). The zero-order valence-electron chi connectivity index (χ0n) is 15.2. The summed E-state index contributed by atoms with van der Waals surface area (Å²) in [5, 5.41) is 4.38. The lowest BCUT2D eigenvalue weighted by Gasteiger charge is -2.40. The van der Waals surface area contributed by atoms with Crippen LogP contribution in [0.4, 0.5) is 0 Å². The van der Waals surface area contributed by atoms with Gasteiger partial charge in [0.2, 0.25) is 0 Å². The van der Waals surface area contributed by atoms with Crippen LogP contribution in [0, 0.1) is 5.41 Å². The summed E-state index contributed by atoms with van der Waals surface area (Å²) in [5.74, 6) is 0. The SMILES string of the molecule is Cn1nc(Br)cc1S(=O)(=O)N1CCC2(CCC(N3CCOCC3)C2)CC1. The summed E-state index contributed by atoms with van der Waals surface area (Å²) in [6, 6.07) is 2.24. The van der Waals surface area contributed by atoms with Crippen LogP contribution in [0.2, 0.25) is 0 Å². The maximum Gasteiger partial charge on any atom is 0.260 e. The topological polar surface area (TPSA) is 67.7 Å². The third-order valence-corrected chi connectivity index (χ3v) is 8.78. The molecule has 26 heavy (non-hydrogen) atoms. The zero-order valence-corrected chi connectivity index (χ0v) is 17.6. The Labute approximate surface area is 163 Å². The van der Waals surface area contributed by atoms with Crippen LogP contribution >= 0.6 is 15.9 Å². The highest BCUT2D eigenvalue weighted by Gasteiger charge is 2.45. The zero-order chi connectivity index (χ0) is 18.4. The number of hydrogen-bond donors (Lipinski definition) is 0. The van der Waals surface area contributed by atoms with Crippen molar-refractivity contribution in [1.82, 2.24) is 19.0 Å². The lowest BCUT2D eigenvalue weighted by Crippen LogP contribution is -2.45. The number of aromatic nitrogens is 2. The number of ether oxygens (including phenoxy) is 1. The van der Waals surface area contributed by atoms with Crippen molar-refractivity contribution in [3.8, 4) is 0 Å². The average molecular weight is 447 g/mol. The third-order valence-electron chi connectivity index (χ3n) is 6.43. The summed E-state index contributed by atoms with van der Waals surface area (Å²) < 4.78 is 35.0. The van der Waals surface area contributed by atoms with E-state index >= 15 is 0 Å². The van der Waals surface area contributed by atoms with E-state index in [-0.39, 0.29) is 5.03 Å². The number of nitrogens with zero attached hydrogens (tertiary/aromatic N) is 4. The van der Waals surface area contributed by atoms with Crippen molar-refractivity contribution in [2.45, 2.75) is 43.2 Å². The minimum absolute atomic E-state index is 0.262. The Morgan fingerprint density at radius 2 is 1.88 bits per heavy atom. The maximum atomic E-state index is 13.0. The van der Waals surface area contributed by atoms with Crippen molar-refractivity contribution in [3.63, 3.8) is 0 Å². The minimum Gasteiger partial charge on any atom is -0.379 e. The Kier molecular flexibility index (Phi) is 5.20. The fraction of sp³-hybridized carbons (Fsp3) is 0.824. The molecule has 1 spiro atoms. The van der Waals surface area contributed by atoms with E-state index in [1.807, 2.05) is 0 Å². The molecular weight excluding hydrogens is 420 g/mol. The molecule has 146 valence electrons. The van der Waals surface area contributed by atoms with E-state index in [0.29, 0.717) is 29.1 Å². The molecule has 0 amide bonds. The standard InChI is InChI=1S/C17H27BrN4O3S/c1-20-16(12-15(18)19-20)26(23,24)22-6-4-17(5-7-22)3-2-14(13-17)21-8-10-25-11-9-21/h12,14H,2-11,13H2,1H3. The molecule has 3 heterocycles. The number of piperidine rings is 1. The van der Waals surface area contributed by atoms with Gasteiger partial charge in [0.15, 0.2) is 5.03 Å². The van der Waals surface area contributed by atoms with Crippen molar-refractivity contribution in [2.75, 3.05) is 39.4 Å². The van der Waals surface area contributed by atoms with Crippen LogP contribution < -0.4 is 0 Å². The number of morpholine rings is 1. The van der Waals surface area contributed by atoms with Crippen LogP contribution in [0.5, 0.6) is 0 Å². The van der Waals surface area contributed by atoms with Crippen molar-refractivity contribution < 1.29 is 13.2 Å². The molecule has 1 aromatic rings. The van der Waals surface area contributed by atoms with E-state index < -0.39 is 10.0 Å². The van der Waals surface area contributed by atoms with E-state index in [1.165, 1.54) is 23.9 Å². The smallest absolute Gasteiger partial charge is 0.260 e. The molecular formula is C17H27BrN4O3S. The van der Waals surface area contributed by atoms with Crippen LogP contribution in [-0.4, -0.2) is 72.8 Å². The lowest BCUT2D eigenvalue weighted by molar-refractivity contribution is 0.0137. The highest BCUT2D eigenvalue weighted by atomic mass is 79.9. The Morgan fingerprint density at radius 3 is 2.50 bits per heavy atom. The summed E-state index contributed by atoms with van der Waals surface area (Å²) in [6.07, 6.45) is 5.60. The summed E-state index contributed by atoms with van der Waals surface area (Å²) in [4.78, 5) is 2.58. The second kappa shape index (κ2) is 7.16. The van der Waals surface area contributed by atoms with Crippen molar-refractivity contribution >= 4 is 26.0 Å². The molecule has 1 atom stereocenters. The highest BCUT2D eigenvalue weighted by molar-refractivity contribution is 9.10.